The van der Waals surface area contributed by atoms with E-state index in [1.807, 2.05) is 41.3 Å². The van der Waals surface area contributed by atoms with Crippen LogP contribution in [0.15, 0.2) is 53.1 Å². The van der Waals surface area contributed by atoms with E-state index in [1.54, 1.807) is 11.3 Å². The van der Waals surface area contributed by atoms with E-state index in [1.165, 1.54) is 4.70 Å². The minimum Gasteiger partial charge on any atom is -0.356 e. The molecule has 0 unspecified atom stereocenters. The van der Waals surface area contributed by atoms with Crippen LogP contribution in [-0.2, 0) is 17.8 Å². The average Bonchev–Trinajstić information content (AvgIpc) is 3.32. The average molecular weight is 392 g/mol. The highest BCUT2D eigenvalue weighted by Crippen LogP contribution is 2.23. The first-order valence-electron chi connectivity index (χ1n) is 9.44. The molecule has 1 amide bonds. The smallest absolute Gasteiger partial charge is 0.228 e. The van der Waals surface area contributed by atoms with Crippen molar-refractivity contribution in [1.82, 2.24) is 19.9 Å². The van der Waals surface area contributed by atoms with Crippen LogP contribution >= 0.6 is 11.3 Å². The van der Waals surface area contributed by atoms with Crippen molar-refractivity contribution in [2.45, 2.75) is 13.0 Å². The monoisotopic (exact) mass is 392 g/mol. The number of benzene rings is 2. The van der Waals surface area contributed by atoms with E-state index in [0.29, 0.717) is 0 Å². The molecule has 2 aromatic heterocycles. The molecule has 0 aliphatic carbocycles. The molecule has 0 bridgehead atoms. The molecular formula is C21H20N4O2S. The van der Waals surface area contributed by atoms with Gasteiger partial charge in [0.25, 0.3) is 0 Å². The van der Waals surface area contributed by atoms with Crippen molar-refractivity contribution in [3.63, 3.8) is 0 Å². The number of para-hydroxylation sites is 2. The lowest BCUT2D eigenvalue weighted by Crippen LogP contribution is -2.48. The summed E-state index contributed by atoms with van der Waals surface area (Å²) in [6, 6.07) is 15.9. The zero-order valence-corrected chi connectivity index (χ0v) is 16.2. The molecule has 0 saturated carbocycles. The van der Waals surface area contributed by atoms with Gasteiger partial charge < -0.3 is 9.42 Å². The predicted molar refractivity (Wildman–Crippen MR) is 109 cm³/mol. The Morgan fingerprint density at radius 2 is 1.82 bits per heavy atom. The molecule has 5 rings (SSSR count). The summed E-state index contributed by atoms with van der Waals surface area (Å²) in [5, 5.41) is 6.14. The largest absolute Gasteiger partial charge is 0.356 e. The van der Waals surface area contributed by atoms with E-state index in [4.69, 9.17) is 9.51 Å². The summed E-state index contributed by atoms with van der Waals surface area (Å²) in [4.78, 5) is 21.7. The molecule has 1 fully saturated rings. The molecule has 1 saturated heterocycles. The van der Waals surface area contributed by atoms with E-state index in [0.717, 1.165) is 59.9 Å². The second-order valence-corrected chi connectivity index (χ2v) is 8.15. The molecular weight excluding hydrogens is 372 g/mol. The Kier molecular flexibility index (Phi) is 4.54. The summed E-state index contributed by atoms with van der Waals surface area (Å²) < 4.78 is 6.54. The third-order valence-electron chi connectivity index (χ3n) is 5.19. The number of hydrogen-bond donors (Lipinski definition) is 0. The van der Waals surface area contributed by atoms with Gasteiger partial charge in [0.05, 0.1) is 23.2 Å². The SMILES string of the molecule is O=C(Cc1noc2ccccc12)N1CCN(Cc2nc3ccccc3s2)CC1. The number of piperazine rings is 1. The minimum atomic E-state index is 0.110. The molecule has 1 aliphatic heterocycles. The maximum Gasteiger partial charge on any atom is 0.228 e. The quantitative estimate of drug-likeness (QED) is 0.533. The number of carbonyl (C=O) groups is 1. The lowest BCUT2D eigenvalue weighted by molar-refractivity contribution is -0.132. The molecule has 0 radical (unpaired) electrons. The molecule has 7 heteroatoms. The Labute approximate surface area is 166 Å². The number of fused-ring (bicyclic) bond motifs is 2. The van der Waals surface area contributed by atoms with Crippen LogP contribution in [0.5, 0.6) is 0 Å². The topological polar surface area (TPSA) is 62.5 Å². The van der Waals surface area contributed by atoms with E-state index >= 15 is 0 Å². The fraction of sp³-hybridized carbons (Fsp3) is 0.286. The van der Waals surface area contributed by atoms with Crippen molar-refractivity contribution >= 4 is 38.4 Å². The number of aromatic nitrogens is 2. The highest BCUT2D eigenvalue weighted by atomic mass is 32.1. The Morgan fingerprint density at radius 1 is 1.04 bits per heavy atom. The van der Waals surface area contributed by atoms with Gasteiger partial charge in [-0.2, -0.15) is 0 Å². The summed E-state index contributed by atoms with van der Waals surface area (Å²) in [7, 11) is 0. The highest BCUT2D eigenvalue weighted by Gasteiger charge is 2.23. The molecule has 2 aromatic carbocycles. The molecule has 28 heavy (non-hydrogen) atoms. The minimum absolute atomic E-state index is 0.110. The third-order valence-corrected chi connectivity index (χ3v) is 6.21. The van der Waals surface area contributed by atoms with Gasteiger partial charge in [-0.3, -0.25) is 9.69 Å². The van der Waals surface area contributed by atoms with Crippen molar-refractivity contribution < 1.29 is 9.32 Å². The zero-order valence-electron chi connectivity index (χ0n) is 15.4. The van der Waals surface area contributed by atoms with Gasteiger partial charge in [-0.1, -0.05) is 29.4 Å². The standard InChI is InChI=1S/C21H20N4O2S/c26-21(13-17-15-5-1-3-7-18(15)27-23-17)25-11-9-24(10-12-25)14-20-22-16-6-2-4-8-19(16)28-20/h1-8H,9-14H2. The number of carbonyl (C=O) groups excluding carboxylic acids is 1. The van der Waals surface area contributed by atoms with Crippen molar-refractivity contribution in [3.8, 4) is 0 Å². The summed E-state index contributed by atoms with van der Waals surface area (Å²) in [5.74, 6) is 0.110. The molecule has 0 N–H and O–H groups in total. The first kappa shape index (κ1) is 17.3. The van der Waals surface area contributed by atoms with Gasteiger partial charge in [-0.05, 0) is 24.3 Å². The molecule has 0 spiro atoms. The van der Waals surface area contributed by atoms with Crippen LogP contribution < -0.4 is 0 Å². The van der Waals surface area contributed by atoms with E-state index in [9.17, 15) is 4.79 Å². The maximum absolute atomic E-state index is 12.7. The fourth-order valence-corrected chi connectivity index (χ4v) is 4.66. The molecule has 142 valence electrons. The van der Waals surface area contributed by atoms with Gasteiger partial charge in [-0.25, -0.2) is 4.98 Å². The molecule has 1 aliphatic rings. The number of thiazole rings is 1. The summed E-state index contributed by atoms with van der Waals surface area (Å²) in [6.07, 6.45) is 0.287. The second kappa shape index (κ2) is 7.33. The van der Waals surface area contributed by atoms with Gasteiger partial charge in [-0.15, -0.1) is 11.3 Å². The van der Waals surface area contributed by atoms with Crippen LogP contribution in [0, 0.1) is 0 Å². The maximum atomic E-state index is 12.7. The Morgan fingerprint density at radius 3 is 2.68 bits per heavy atom. The highest BCUT2D eigenvalue weighted by molar-refractivity contribution is 7.18. The van der Waals surface area contributed by atoms with Crippen molar-refractivity contribution in [2.75, 3.05) is 26.2 Å². The summed E-state index contributed by atoms with van der Waals surface area (Å²) >= 11 is 1.75. The first-order chi connectivity index (χ1) is 13.8. The second-order valence-electron chi connectivity index (χ2n) is 7.03. The van der Waals surface area contributed by atoms with E-state index in [-0.39, 0.29) is 12.3 Å². The Balaban J connectivity index is 1.19. The van der Waals surface area contributed by atoms with Crippen LogP contribution in [-0.4, -0.2) is 52.0 Å². The lowest BCUT2D eigenvalue weighted by atomic mass is 10.1. The van der Waals surface area contributed by atoms with Gasteiger partial charge >= 0.3 is 0 Å². The van der Waals surface area contributed by atoms with Crippen LogP contribution in [0.2, 0.25) is 0 Å². The lowest BCUT2D eigenvalue weighted by Gasteiger charge is -2.34. The Bertz CT molecular complexity index is 1090. The normalized spacial score (nSPS) is 15.5. The predicted octanol–water partition coefficient (Wildman–Crippen LogP) is 3.32. The van der Waals surface area contributed by atoms with Crippen LogP contribution in [0.25, 0.3) is 21.2 Å². The van der Waals surface area contributed by atoms with Gasteiger partial charge in [0.15, 0.2) is 5.58 Å². The number of nitrogens with zero attached hydrogens (tertiary/aromatic N) is 4. The first-order valence-corrected chi connectivity index (χ1v) is 10.3. The van der Waals surface area contributed by atoms with Gasteiger partial charge in [0.1, 0.15) is 10.7 Å². The van der Waals surface area contributed by atoms with Crippen LogP contribution in [0.1, 0.15) is 10.7 Å². The number of hydrogen-bond acceptors (Lipinski definition) is 6. The van der Waals surface area contributed by atoms with Crippen molar-refractivity contribution in [2.24, 2.45) is 0 Å². The van der Waals surface area contributed by atoms with Crippen molar-refractivity contribution in [3.05, 3.63) is 59.2 Å². The van der Waals surface area contributed by atoms with Gasteiger partial charge in [0, 0.05) is 31.6 Å². The van der Waals surface area contributed by atoms with Crippen molar-refractivity contribution in [1.29, 1.82) is 0 Å². The van der Waals surface area contributed by atoms with E-state index < -0.39 is 0 Å². The summed E-state index contributed by atoms with van der Waals surface area (Å²) in [5.41, 5.74) is 2.51. The van der Waals surface area contributed by atoms with Crippen LogP contribution in [0.4, 0.5) is 0 Å². The third kappa shape index (κ3) is 3.39. The fourth-order valence-electron chi connectivity index (χ4n) is 3.65. The van der Waals surface area contributed by atoms with E-state index in [2.05, 4.69) is 22.2 Å². The molecule has 3 heterocycles. The van der Waals surface area contributed by atoms with Crippen LogP contribution in [0.3, 0.4) is 0 Å². The Hall–Kier alpha value is -2.77. The molecule has 6 nitrogen and oxygen atoms in total. The number of rotatable bonds is 4. The molecule has 4 aromatic rings. The number of amides is 1. The zero-order chi connectivity index (χ0) is 18.9. The molecule has 0 atom stereocenters. The van der Waals surface area contributed by atoms with Gasteiger partial charge in [0.2, 0.25) is 5.91 Å². The summed E-state index contributed by atoms with van der Waals surface area (Å²) in [6.45, 7) is 4.04.